The fourth-order valence-electron chi connectivity index (χ4n) is 3.31. The van der Waals surface area contributed by atoms with Gasteiger partial charge in [-0.3, -0.25) is 4.79 Å². The zero-order valence-electron chi connectivity index (χ0n) is 11.8. The van der Waals surface area contributed by atoms with Gasteiger partial charge in [-0.1, -0.05) is 11.6 Å². The number of aromatic nitrogens is 2. The van der Waals surface area contributed by atoms with Crippen molar-refractivity contribution in [3.63, 3.8) is 0 Å². The predicted octanol–water partition coefficient (Wildman–Crippen LogP) is 0.861. The van der Waals surface area contributed by atoms with Crippen LogP contribution in [0.15, 0.2) is 4.79 Å². The number of halogens is 1. The van der Waals surface area contributed by atoms with Crippen LogP contribution in [0.3, 0.4) is 0 Å². The molecule has 2 fully saturated rings. The number of nitrogens with one attached hydrogen (secondary N) is 2. The molecule has 0 bridgehead atoms. The Hall–Kier alpha value is -1.11. The fourth-order valence-corrected chi connectivity index (χ4v) is 3.45. The molecule has 1 saturated carbocycles. The first kappa shape index (κ1) is 13.9. The number of aryl methyl sites for hydroxylation is 1. The van der Waals surface area contributed by atoms with E-state index in [0.717, 1.165) is 13.0 Å². The molecule has 0 aromatic carbocycles. The topological polar surface area (TPSA) is 70.2 Å². The third-order valence-electron chi connectivity index (χ3n) is 4.23. The zero-order chi connectivity index (χ0) is 14.4. The lowest BCUT2D eigenvalue weighted by atomic mass is 9.71. The number of nitrogens with zero attached hydrogens (tertiary/aromatic N) is 2. The van der Waals surface area contributed by atoms with Gasteiger partial charge in [-0.2, -0.15) is 0 Å². The quantitative estimate of drug-likeness (QED) is 0.866. The van der Waals surface area contributed by atoms with Crippen LogP contribution in [0.5, 0.6) is 0 Å². The molecule has 6 nitrogen and oxygen atoms in total. The second-order valence-electron chi connectivity index (χ2n) is 5.73. The second kappa shape index (κ2) is 5.02. The minimum atomic E-state index is -0.304. The highest BCUT2D eigenvalue weighted by atomic mass is 35.5. The molecule has 1 aliphatic carbocycles. The summed E-state index contributed by atoms with van der Waals surface area (Å²) in [5, 5.41) is 3.47. The molecule has 110 valence electrons. The highest BCUT2D eigenvalue weighted by Gasteiger charge is 2.55. The number of ether oxygens (including phenoxy) is 1. The van der Waals surface area contributed by atoms with Crippen LogP contribution >= 0.6 is 11.6 Å². The Morgan fingerprint density at radius 3 is 2.95 bits per heavy atom. The van der Waals surface area contributed by atoms with E-state index in [9.17, 15) is 4.79 Å². The third kappa shape index (κ3) is 2.12. The molecule has 20 heavy (non-hydrogen) atoms. The van der Waals surface area contributed by atoms with Crippen molar-refractivity contribution < 1.29 is 4.74 Å². The van der Waals surface area contributed by atoms with E-state index in [2.05, 4.69) is 20.2 Å². The largest absolute Gasteiger partial charge is 0.376 e. The van der Waals surface area contributed by atoms with Gasteiger partial charge >= 0.3 is 0 Å². The van der Waals surface area contributed by atoms with Crippen molar-refractivity contribution in [2.24, 2.45) is 5.92 Å². The lowest BCUT2D eigenvalue weighted by Crippen LogP contribution is -2.66. The van der Waals surface area contributed by atoms with E-state index in [0.29, 0.717) is 17.6 Å². The van der Waals surface area contributed by atoms with E-state index in [1.165, 1.54) is 0 Å². The van der Waals surface area contributed by atoms with Crippen LogP contribution in [0, 0.1) is 12.8 Å². The van der Waals surface area contributed by atoms with Crippen LogP contribution in [-0.4, -0.2) is 53.8 Å². The second-order valence-corrected chi connectivity index (χ2v) is 6.10. The zero-order valence-corrected chi connectivity index (χ0v) is 12.6. The van der Waals surface area contributed by atoms with Gasteiger partial charge in [0.05, 0.1) is 18.2 Å². The number of hydrogen-bond acceptors (Lipinski definition) is 5. The van der Waals surface area contributed by atoms with Crippen molar-refractivity contribution in [2.45, 2.75) is 31.5 Å². The van der Waals surface area contributed by atoms with Crippen LogP contribution in [0.25, 0.3) is 0 Å². The van der Waals surface area contributed by atoms with Gasteiger partial charge < -0.3 is 19.9 Å². The number of hydrogen-bond donors (Lipinski definition) is 2. The van der Waals surface area contributed by atoms with E-state index >= 15 is 0 Å². The predicted molar refractivity (Wildman–Crippen MR) is 77.3 cm³/mol. The van der Waals surface area contributed by atoms with Gasteiger partial charge in [0.1, 0.15) is 10.8 Å². The number of aromatic amines is 1. The first-order valence-electron chi connectivity index (χ1n) is 6.80. The molecule has 7 heteroatoms. The van der Waals surface area contributed by atoms with Gasteiger partial charge in [0.2, 0.25) is 0 Å². The van der Waals surface area contributed by atoms with E-state index in [1.54, 1.807) is 6.92 Å². The standard InChI is InChI=1S/C13H19ClN4O2/c1-6-15-12(8(14)13(19)16-6)17-9-7-4-5-20-11(7)10(9)18(2)3/h7,9-11H,4-5H2,1-3H3,(H2,15,16,17,19)/t7-,9+,10-,11-/m0/s1. The van der Waals surface area contributed by atoms with Crippen molar-refractivity contribution in [1.82, 2.24) is 14.9 Å². The molecular weight excluding hydrogens is 280 g/mol. The molecule has 0 unspecified atom stereocenters. The summed E-state index contributed by atoms with van der Waals surface area (Å²) in [5.74, 6) is 1.48. The van der Waals surface area contributed by atoms with Gasteiger partial charge in [-0.05, 0) is 27.4 Å². The highest BCUT2D eigenvalue weighted by Crippen LogP contribution is 2.42. The molecule has 3 rings (SSSR count). The minimum absolute atomic E-state index is 0.121. The molecule has 0 spiro atoms. The molecule has 4 atom stereocenters. The summed E-state index contributed by atoms with van der Waals surface area (Å²) >= 11 is 6.05. The van der Waals surface area contributed by atoms with Gasteiger partial charge in [0.25, 0.3) is 5.56 Å². The first-order chi connectivity index (χ1) is 9.49. The van der Waals surface area contributed by atoms with Gasteiger partial charge in [-0.15, -0.1) is 0 Å². The molecule has 2 N–H and O–H groups in total. The minimum Gasteiger partial charge on any atom is -0.376 e. The summed E-state index contributed by atoms with van der Waals surface area (Å²) in [6, 6.07) is 0.490. The normalized spacial score (nSPS) is 32.0. The van der Waals surface area contributed by atoms with Crippen molar-refractivity contribution >= 4 is 17.4 Å². The molecule has 0 radical (unpaired) electrons. The molecular formula is C13H19ClN4O2. The molecule has 0 amide bonds. The maximum absolute atomic E-state index is 11.7. The molecule has 2 heterocycles. The Morgan fingerprint density at radius 2 is 2.25 bits per heavy atom. The van der Waals surface area contributed by atoms with Crippen LogP contribution in [-0.2, 0) is 4.74 Å². The molecule has 1 saturated heterocycles. The average molecular weight is 299 g/mol. The van der Waals surface area contributed by atoms with E-state index in [4.69, 9.17) is 16.3 Å². The lowest BCUT2D eigenvalue weighted by Gasteiger charge is -2.51. The van der Waals surface area contributed by atoms with Gasteiger partial charge in [-0.25, -0.2) is 4.98 Å². The SMILES string of the molecule is Cc1nc(N[C@@H]2[C@@H]3CCO[C@@H]3[C@H]2N(C)C)c(Cl)c(=O)[nH]1. The number of fused-ring (bicyclic) bond motifs is 1. The van der Waals surface area contributed by atoms with Crippen LogP contribution < -0.4 is 10.9 Å². The first-order valence-corrected chi connectivity index (χ1v) is 7.18. The smallest absolute Gasteiger partial charge is 0.271 e. The summed E-state index contributed by atoms with van der Waals surface area (Å²) in [7, 11) is 4.07. The number of anilines is 1. The van der Waals surface area contributed by atoms with Crippen molar-refractivity contribution in [2.75, 3.05) is 26.0 Å². The number of likely N-dealkylation sites (N-methyl/N-ethyl adjacent to an activating group) is 1. The van der Waals surface area contributed by atoms with Crippen molar-refractivity contribution in [3.8, 4) is 0 Å². The third-order valence-corrected chi connectivity index (χ3v) is 4.58. The Kier molecular flexibility index (Phi) is 3.48. The van der Waals surface area contributed by atoms with Crippen LogP contribution in [0.1, 0.15) is 12.2 Å². The Morgan fingerprint density at radius 1 is 1.50 bits per heavy atom. The summed E-state index contributed by atoms with van der Waals surface area (Å²) in [4.78, 5) is 20.7. The van der Waals surface area contributed by atoms with Crippen molar-refractivity contribution in [3.05, 3.63) is 21.2 Å². The Labute approximate surface area is 122 Å². The molecule has 1 aromatic heterocycles. The van der Waals surface area contributed by atoms with Crippen molar-refractivity contribution in [1.29, 1.82) is 0 Å². The number of rotatable bonds is 3. The Balaban J connectivity index is 1.85. The summed E-state index contributed by atoms with van der Waals surface area (Å²) in [6.07, 6.45) is 1.30. The monoisotopic (exact) mass is 298 g/mol. The van der Waals surface area contributed by atoms with Crippen LogP contribution in [0.2, 0.25) is 5.02 Å². The average Bonchev–Trinajstić information content (AvgIpc) is 2.75. The summed E-state index contributed by atoms with van der Waals surface area (Å²) in [6.45, 7) is 2.54. The molecule has 1 aromatic rings. The molecule has 2 aliphatic rings. The summed E-state index contributed by atoms with van der Waals surface area (Å²) < 4.78 is 5.77. The fraction of sp³-hybridized carbons (Fsp3) is 0.692. The van der Waals surface area contributed by atoms with Gasteiger partial charge in [0, 0.05) is 12.5 Å². The van der Waals surface area contributed by atoms with Crippen LogP contribution in [0.4, 0.5) is 5.82 Å². The highest BCUT2D eigenvalue weighted by molar-refractivity contribution is 6.32. The van der Waals surface area contributed by atoms with Gasteiger partial charge in [0.15, 0.2) is 5.82 Å². The lowest BCUT2D eigenvalue weighted by molar-refractivity contribution is -0.0516. The maximum atomic E-state index is 11.7. The summed E-state index contributed by atoms with van der Waals surface area (Å²) in [5.41, 5.74) is -0.304. The molecule has 1 aliphatic heterocycles. The maximum Gasteiger partial charge on any atom is 0.271 e. The van der Waals surface area contributed by atoms with E-state index in [1.807, 2.05) is 14.1 Å². The Bertz CT molecular complexity index is 574. The van der Waals surface area contributed by atoms with E-state index < -0.39 is 0 Å². The van der Waals surface area contributed by atoms with E-state index in [-0.39, 0.29) is 28.8 Å². The number of H-pyrrole nitrogens is 1.